The van der Waals surface area contributed by atoms with Crippen LogP contribution in [0, 0.1) is 12.5 Å². The molecule has 180 valence electrons. The number of benzene rings is 1. The zero-order chi connectivity index (χ0) is 23.5. The lowest BCUT2D eigenvalue weighted by Crippen LogP contribution is -2.48. The maximum Gasteiger partial charge on any atom is 0.314 e. The van der Waals surface area contributed by atoms with Gasteiger partial charge < -0.3 is 19.8 Å². The first kappa shape index (κ1) is 22.9. The summed E-state index contributed by atoms with van der Waals surface area (Å²) in [7, 11) is 0. The van der Waals surface area contributed by atoms with Crippen molar-refractivity contribution in [3.05, 3.63) is 47.2 Å². The van der Waals surface area contributed by atoms with Gasteiger partial charge in [-0.05, 0) is 75.2 Å². The second-order valence-corrected chi connectivity index (χ2v) is 9.92. The lowest BCUT2D eigenvalue weighted by molar-refractivity contribution is -0.0223. The van der Waals surface area contributed by atoms with E-state index in [0.717, 1.165) is 82.4 Å². The Kier molecular flexibility index (Phi) is 6.57. The molecule has 0 unspecified atom stereocenters. The third-order valence-electron chi connectivity index (χ3n) is 7.84. The second-order valence-electron chi connectivity index (χ2n) is 9.92. The van der Waals surface area contributed by atoms with E-state index in [1.54, 1.807) is 0 Å². The third-order valence-corrected chi connectivity index (χ3v) is 7.84. The number of hydrogen-bond donors (Lipinski definition) is 2. The highest BCUT2D eigenvalue weighted by atomic mass is 16.5. The largest absolute Gasteiger partial charge is 0.381 e. The highest BCUT2D eigenvalue weighted by Crippen LogP contribution is 2.43. The molecule has 3 aliphatic rings. The lowest BCUT2D eigenvalue weighted by Gasteiger charge is -2.46. The van der Waals surface area contributed by atoms with Crippen LogP contribution in [-0.4, -0.2) is 60.2 Å². The van der Waals surface area contributed by atoms with Gasteiger partial charge in [0.05, 0.1) is 23.1 Å². The zero-order valence-corrected chi connectivity index (χ0v) is 20.0. The SMILES string of the molecule is [C-]#[N+]c1cnc(C(=O)Nc2ccc(C3(N4CCCC4)CCOCC3)cc2N2CCC(C)CC2)[nH]1. The van der Waals surface area contributed by atoms with Crippen molar-refractivity contribution in [2.24, 2.45) is 5.92 Å². The molecule has 1 amide bonds. The molecule has 1 aromatic carbocycles. The molecule has 2 aromatic rings. The highest BCUT2D eigenvalue weighted by molar-refractivity contribution is 6.04. The summed E-state index contributed by atoms with van der Waals surface area (Å²) in [6.07, 6.45) is 8.20. The molecule has 4 heterocycles. The molecule has 0 saturated carbocycles. The number of imidazole rings is 1. The minimum absolute atomic E-state index is 0.000655. The number of ether oxygens (including phenoxy) is 1. The minimum Gasteiger partial charge on any atom is -0.381 e. The Hall–Kier alpha value is -2.89. The van der Waals surface area contributed by atoms with E-state index in [0.29, 0.717) is 0 Å². The predicted molar refractivity (Wildman–Crippen MR) is 132 cm³/mol. The van der Waals surface area contributed by atoms with Gasteiger partial charge >= 0.3 is 5.91 Å². The lowest BCUT2D eigenvalue weighted by atomic mass is 9.80. The number of aromatic nitrogens is 2. The van der Waals surface area contributed by atoms with E-state index in [2.05, 4.69) is 55.1 Å². The van der Waals surface area contributed by atoms with E-state index in [9.17, 15) is 4.79 Å². The van der Waals surface area contributed by atoms with Crippen molar-refractivity contribution >= 4 is 23.1 Å². The number of hydrogen-bond acceptors (Lipinski definition) is 5. The molecule has 0 radical (unpaired) electrons. The quantitative estimate of drug-likeness (QED) is 0.638. The fraction of sp³-hybridized carbons (Fsp3) is 0.577. The van der Waals surface area contributed by atoms with Crippen LogP contribution in [0.4, 0.5) is 17.2 Å². The summed E-state index contributed by atoms with van der Waals surface area (Å²) >= 11 is 0. The molecular weight excluding hydrogens is 428 g/mol. The number of carbonyl (C=O) groups excluding carboxylic acids is 1. The summed E-state index contributed by atoms with van der Waals surface area (Å²) in [6.45, 7) is 15.2. The molecule has 34 heavy (non-hydrogen) atoms. The molecule has 1 aromatic heterocycles. The average Bonchev–Trinajstić information content (AvgIpc) is 3.58. The summed E-state index contributed by atoms with van der Waals surface area (Å²) in [4.78, 5) is 28.2. The van der Waals surface area contributed by atoms with Crippen LogP contribution in [0.15, 0.2) is 24.4 Å². The smallest absolute Gasteiger partial charge is 0.314 e. The van der Waals surface area contributed by atoms with Crippen molar-refractivity contribution in [1.82, 2.24) is 14.9 Å². The van der Waals surface area contributed by atoms with Gasteiger partial charge in [0, 0.05) is 26.3 Å². The topological polar surface area (TPSA) is 77.9 Å². The normalized spacial score (nSPS) is 21.4. The minimum atomic E-state index is -0.324. The molecular formula is C26H34N6O2. The molecule has 0 bridgehead atoms. The Morgan fingerprint density at radius 1 is 1.21 bits per heavy atom. The van der Waals surface area contributed by atoms with Gasteiger partial charge in [-0.15, -0.1) is 0 Å². The number of carbonyl (C=O) groups is 1. The number of H-pyrrole nitrogens is 1. The highest BCUT2D eigenvalue weighted by Gasteiger charge is 2.41. The van der Waals surface area contributed by atoms with Crippen molar-refractivity contribution in [2.75, 3.05) is 49.6 Å². The second kappa shape index (κ2) is 9.77. The van der Waals surface area contributed by atoms with E-state index < -0.39 is 0 Å². The standard InChI is InChI=1S/C26H34N6O2/c1-19-7-13-31(14-8-19)22-17-20(26(9-15-34-16-10-26)32-11-3-4-12-32)5-6-21(22)29-25(33)24-28-18-23(27-2)30-24/h5-6,17-19H,3-4,7-16H2,1H3,(H,28,30)(H,29,33). The van der Waals surface area contributed by atoms with E-state index >= 15 is 0 Å². The summed E-state index contributed by atoms with van der Waals surface area (Å²) in [5.41, 5.74) is 3.21. The molecule has 3 saturated heterocycles. The molecule has 0 spiro atoms. The Bertz CT molecular complexity index is 1050. The molecule has 0 atom stereocenters. The van der Waals surface area contributed by atoms with E-state index in [1.807, 2.05) is 0 Å². The third kappa shape index (κ3) is 4.42. The van der Waals surface area contributed by atoms with Gasteiger partial charge in [-0.25, -0.2) is 4.98 Å². The van der Waals surface area contributed by atoms with Gasteiger partial charge in [0.1, 0.15) is 0 Å². The van der Waals surface area contributed by atoms with Gasteiger partial charge in [-0.2, -0.15) is 0 Å². The van der Waals surface area contributed by atoms with E-state index in [1.165, 1.54) is 24.6 Å². The number of nitrogens with one attached hydrogen (secondary N) is 2. The number of anilines is 2. The van der Waals surface area contributed by atoms with Crippen molar-refractivity contribution in [2.45, 2.75) is 51.0 Å². The number of nitrogens with zero attached hydrogens (tertiary/aromatic N) is 4. The van der Waals surface area contributed by atoms with Crippen molar-refractivity contribution < 1.29 is 9.53 Å². The van der Waals surface area contributed by atoms with Gasteiger partial charge in [-0.1, -0.05) is 19.6 Å². The summed E-state index contributed by atoms with van der Waals surface area (Å²) < 4.78 is 5.78. The van der Waals surface area contributed by atoms with Gasteiger partial charge in [0.25, 0.3) is 5.82 Å². The number of amides is 1. The van der Waals surface area contributed by atoms with Crippen molar-refractivity contribution in [3.8, 4) is 0 Å². The average molecular weight is 463 g/mol. The van der Waals surface area contributed by atoms with Crippen LogP contribution in [0.25, 0.3) is 4.85 Å². The fourth-order valence-electron chi connectivity index (χ4n) is 5.74. The fourth-order valence-corrected chi connectivity index (χ4v) is 5.74. The molecule has 2 N–H and O–H groups in total. The van der Waals surface area contributed by atoms with Crippen LogP contribution in [0.5, 0.6) is 0 Å². The Balaban J connectivity index is 1.50. The summed E-state index contributed by atoms with van der Waals surface area (Å²) in [5.74, 6) is 0.817. The number of rotatable bonds is 5. The monoisotopic (exact) mass is 462 g/mol. The van der Waals surface area contributed by atoms with Crippen LogP contribution in [-0.2, 0) is 10.3 Å². The van der Waals surface area contributed by atoms with Gasteiger partial charge in [-0.3, -0.25) is 14.7 Å². The first-order valence-electron chi connectivity index (χ1n) is 12.6. The molecule has 0 aliphatic carbocycles. The van der Waals surface area contributed by atoms with Crippen LogP contribution < -0.4 is 10.2 Å². The number of aromatic amines is 1. The molecule has 3 fully saturated rings. The molecule has 5 rings (SSSR count). The van der Waals surface area contributed by atoms with Crippen molar-refractivity contribution in [3.63, 3.8) is 0 Å². The van der Waals surface area contributed by atoms with Crippen LogP contribution in [0.1, 0.15) is 61.6 Å². The Morgan fingerprint density at radius 2 is 1.94 bits per heavy atom. The zero-order valence-electron chi connectivity index (χ0n) is 20.0. The number of piperidine rings is 1. The molecule has 8 heteroatoms. The summed E-state index contributed by atoms with van der Waals surface area (Å²) in [5, 5.41) is 3.07. The molecule has 8 nitrogen and oxygen atoms in total. The maximum atomic E-state index is 12.9. The van der Waals surface area contributed by atoms with Crippen LogP contribution in [0.3, 0.4) is 0 Å². The number of likely N-dealkylation sites (tertiary alicyclic amines) is 1. The summed E-state index contributed by atoms with van der Waals surface area (Å²) in [6, 6.07) is 6.58. The van der Waals surface area contributed by atoms with Crippen molar-refractivity contribution in [1.29, 1.82) is 0 Å². The van der Waals surface area contributed by atoms with Gasteiger partial charge in [0.2, 0.25) is 5.82 Å². The van der Waals surface area contributed by atoms with Crippen LogP contribution >= 0.6 is 0 Å². The van der Waals surface area contributed by atoms with E-state index in [4.69, 9.17) is 11.3 Å². The Labute approximate surface area is 201 Å². The first-order chi connectivity index (χ1) is 16.6. The maximum absolute atomic E-state index is 12.9. The molecule has 3 aliphatic heterocycles. The van der Waals surface area contributed by atoms with Crippen LogP contribution in [0.2, 0.25) is 0 Å². The van der Waals surface area contributed by atoms with Gasteiger partial charge in [0.15, 0.2) is 0 Å². The Morgan fingerprint density at radius 3 is 2.62 bits per heavy atom. The van der Waals surface area contributed by atoms with E-state index in [-0.39, 0.29) is 23.1 Å². The first-order valence-corrected chi connectivity index (χ1v) is 12.6. The predicted octanol–water partition coefficient (Wildman–Crippen LogP) is 4.55.